The number of carbonyl (C=O) groups excluding carboxylic acids is 1. The summed E-state index contributed by atoms with van der Waals surface area (Å²) in [5.74, 6) is 0.542. The van der Waals surface area contributed by atoms with Crippen molar-refractivity contribution in [1.82, 2.24) is 9.88 Å². The van der Waals surface area contributed by atoms with Gasteiger partial charge in [0.1, 0.15) is 5.82 Å². The van der Waals surface area contributed by atoms with Crippen molar-refractivity contribution in [2.75, 3.05) is 36.8 Å². The van der Waals surface area contributed by atoms with E-state index in [0.29, 0.717) is 26.2 Å². The lowest BCUT2D eigenvalue weighted by Gasteiger charge is -2.22. The smallest absolute Gasteiger partial charge is 0.311 e. The lowest BCUT2D eigenvalue weighted by Crippen LogP contribution is -2.34. The SMILES string of the molecule is CC(=O)N1CCCN(c2nc(N)ccc2[N+](=O)[O-])CC1. The molecule has 1 amide bonds. The molecule has 0 radical (unpaired) electrons. The summed E-state index contributed by atoms with van der Waals surface area (Å²) < 4.78 is 0. The van der Waals surface area contributed by atoms with Gasteiger partial charge in [0.05, 0.1) is 4.92 Å². The van der Waals surface area contributed by atoms with E-state index in [0.717, 1.165) is 6.42 Å². The molecule has 0 bridgehead atoms. The molecule has 0 atom stereocenters. The second-order valence-electron chi connectivity index (χ2n) is 4.68. The number of amides is 1. The highest BCUT2D eigenvalue weighted by Crippen LogP contribution is 2.27. The first-order chi connectivity index (χ1) is 9.49. The van der Waals surface area contributed by atoms with E-state index in [1.807, 2.05) is 4.90 Å². The largest absolute Gasteiger partial charge is 0.384 e. The van der Waals surface area contributed by atoms with Gasteiger partial charge in [0.15, 0.2) is 0 Å². The van der Waals surface area contributed by atoms with Crippen molar-refractivity contribution < 1.29 is 9.72 Å². The lowest BCUT2D eigenvalue weighted by atomic mass is 10.3. The topological polar surface area (TPSA) is 106 Å². The van der Waals surface area contributed by atoms with Crippen LogP contribution in [-0.2, 0) is 4.79 Å². The minimum Gasteiger partial charge on any atom is -0.384 e. The van der Waals surface area contributed by atoms with Crippen molar-refractivity contribution in [2.45, 2.75) is 13.3 Å². The van der Waals surface area contributed by atoms with Crippen LogP contribution in [0.4, 0.5) is 17.3 Å². The summed E-state index contributed by atoms with van der Waals surface area (Å²) in [7, 11) is 0. The Morgan fingerprint density at radius 2 is 2.10 bits per heavy atom. The molecule has 0 spiro atoms. The van der Waals surface area contributed by atoms with Gasteiger partial charge in [-0.3, -0.25) is 14.9 Å². The maximum absolute atomic E-state index is 11.4. The number of nitrogens with two attached hydrogens (primary N) is 1. The van der Waals surface area contributed by atoms with Gasteiger partial charge in [-0.1, -0.05) is 0 Å². The van der Waals surface area contributed by atoms with E-state index in [1.165, 1.54) is 19.1 Å². The maximum Gasteiger partial charge on any atom is 0.311 e. The second-order valence-corrected chi connectivity index (χ2v) is 4.68. The van der Waals surface area contributed by atoms with Crippen LogP contribution in [0.25, 0.3) is 0 Å². The number of hydrogen-bond donors (Lipinski definition) is 1. The molecule has 2 rings (SSSR count). The van der Waals surface area contributed by atoms with Crippen molar-refractivity contribution in [3.05, 3.63) is 22.2 Å². The first-order valence-corrected chi connectivity index (χ1v) is 6.40. The normalized spacial score (nSPS) is 15.8. The molecule has 0 unspecified atom stereocenters. The van der Waals surface area contributed by atoms with Crippen LogP contribution in [0.3, 0.4) is 0 Å². The molecular weight excluding hydrogens is 262 g/mol. The van der Waals surface area contributed by atoms with Gasteiger partial charge in [0, 0.05) is 39.2 Å². The second kappa shape index (κ2) is 5.72. The Bertz CT molecular complexity index is 534. The summed E-state index contributed by atoms with van der Waals surface area (Å²) >= 11 is 0. The van der Waals surface area contributed by atoms with Crippen LogP contribution < -0.4 is 10.6 Å². The number of aromatic nitrogens is 1. The molecule has 1 aliphatic heterocycles. The molecule has 1 aromatic heterocycles. The Morgan fingerprint density at radius 3 is 2.75 bits per heavy atom. The summed E-state index contributed by atoms with van der Waals surface area (Å²) in [6.07, 6.45) is 0.743. The number of carbonyl (C=O) groups is 1. The predicted molar refractivity (Wildman–Crippen MR) is 74.4 cm³/mol. The fourth-order valence-electron chi connectivity index (χ4n) is 2.28. The molecule has 8 nitrogen and oxygen atoms in total. The number of rotatable bonds is 2. The van der Waals surface area contributed by atoms with Gasteiger partial charge < -0.3 is 15.5 Å². The van der Waals surface area contributed by atoms with Gasteiger partial charge in [0.25, 0.3) is 0 Å². The zero-order chi connectivity index (χ0) is 14.7. The fourth-order valence-corrected chi connectivity index (χ4v) is 2.28. The number of nitrogen functional groups attached to an aromatic ring is 1. The summed E-state index contributed by atoms with van der Waals surface area (Å²) in [6, 6.07) is 2.78. The molecular formula is C12H17N5O3. The van der Waals surface area contributed by atoms with E-state index in [2.05, 4.69) is 4.98 Å². The molecule has 1 aliphatic rings. The lowest BCUT2D eigenvalue weighted by molar-refractivity contribution is -0.384. The van der Waals surface area contributed by atoms with Crippen molar-refractivity contribution in [3.8, 4) is 0 Å². The molecule has 108 valence electrons. The third kappa shape index (κ3) is 2.95. The molecule has 8 heteroatoms. The van der Waals surface area contributed by atoms with E-state index in [9.17, 15) is 14.9 Å². The average molecular weight is 279 g/mol. The number of nitro groups is 1. The van der Waals surface area contributed by atoms with Crippen LogP contribution in [0, 0.1) is 10.1 Å². The summed E-state index contributed by atoms with van der Waals surface area (Å²) in [5.41, 5.74) is 5.56. The summed E-state index contributed by atoms with van der Waals surface area (Å²) in [6.45, 7) is 3.83. The van der Waals surface area contributed by atoms with E-state index < -0.39 is 4.92 Å². The number of hydrogen-bond acceptors (Lipinski definition) is 6. The van der Waals surface area contributed by atoms with Gasteiger partial charge in [-0.25, -0.2) is 4.98 Å². The van der Waals surface area contributed by atoms with E-state index >= 15 is 0 Å². The summed E-state index contributed by atoms with van der Waals surface area (Å²) in [5, 5.41) is 11.1. The van der Waals surface area contributed by atoms with Crippen LogP contribution in [0.5, 0.6) is 0 Å². The maximum atomic E-state index is 11.4. The Morgan fingerprint density at radius 1 is 1.35 bits per heavy atom. The molecule has 20 heavy (non-hydrogen) atoms. The van der Waals surface area contributed by atoms with E-state index in [1.54, 1.807) is 4.90 Å². The van der Waals surface area contributed by atoms with Crippen molar-refractivity contribution >= 4 is 23.2 Å². The van der Waals surface area contributed by atoms with Gasteiger partial charge >= 0.3 is 5.69 Å². The van der Waals surface area contributed by atoms with Gasteiger partial charge in [-0.2, -0.15) is 0 Å². The molecule has 0 aliphatic carbocycles. The van der Waals surface area contributed by atoms with Crippen LogP contribution in [0.1, 0.15) is 13.3 Å². The van der Waals surface area contributed by atoms with Crippen molar-refractivity contribution in [1.29, 1.82) is 0 Å². The van der Waals surface area contributed by atoms with Crippen molar-refractivity contribution in [3.63, 3.8) is 0 Å². The van der Waals surface area contributed by atoms with Crippen LogP contribution in [0.2, 0.25) is 0 Å². The Labute approximate surface area is 116 Å². The highest BCUT2D eigenvalue weighted by molar-refractivity contribution is 5.73. The predicted octanol–water partition coefficient (Wildman–Crippen LogP) is 0.631. The highest BCUT2D eigenvalue weighted by atomic mass is 16.6. The van der Waals surface area contributed by atoms with E-state index in [-0.39, 0.29) is 23.2 Å². The molecule has 1 aromatic rings. The minimum absolute atomic E-state index is 0.0156. The zero-order valence-corrected chi connectivity index (χ0v) is 11.3. The van der Waals surface area contributed by atoms with Crippen molar-refractivity contribution in [2.24, 2.45) is 0 Å². The number of anilines is 2. The molecule has 1 fully saturated rings. The van der Waals surface area contributed by atoms with E-state index in [4.69, 9.17) is 5.73 Å². The van der Waals surface area contributed by atoms with Crippen LogP contribution >= 0.6 is 0 Å². The molecule has 0 saturated carbocycles. The molecule has 2 N–H and O–H groups in total. The fraction of sp³-hybridized carbons (Fsp3) is 0.500. The zero-order valence-electron chi connectivity index (χ0n) is 11.3. The third-order valence-corrected chi connectivity index (χ3v) is 3.31. The summed E-state index contributed by atoms with van der Waals surface area (Å²) in [4.78, 5) is 29.6. The van der Waals surface area contributed by atoms with Crippen LogP contribution in [-0.4, -0.2) is 46.9 Å². The first kappa shape index (κ1) is 14.0. The quantitative estimate of drug-likeness (QED) is 0.628. The Kier molecular flexibility index (Phi) is 4.02. The average Bonchev–Trinajstić information content (AvgIpc) is 2.63. The molecule has 0 aromatic carbocycles. The Balaban J connectivity index is 2.25. The molecule has 1 saturated heterocycles. The standard InChI is InChI=1S/C12H17N5O3/c1-9(18)15-5-2-6-16(8-7-15)12-10(17(19)20)3-4-11(13)14-12/h3-4H,2,5-8H2,1H3,(H2,13,14). The highest BCUT2D eigenvalue weighted by Gasteiger charge is 2.24. The number of nitrogens with zero attached hydrogens (tertiary/aromatic N) is 4. The van der Waals surface area contributed by atoms with Gasteiger partial charge in [-0.15, -0.1) is 0 Å². The Hall–Kier alpha value is -2.38. The third-order valence-electron chi connectivity index (χ3n) is 3.31. The molecule has 2 heterocycles. The first-order valence-electron chi connectivity index (χ1n) is 6.40. The minimum atomic E-state index is -0.463. The monoisotopic (exact) mass is 279 g/mol. The van der Waals surface area contributed by atoms with Crippen LogP contribution in [0.15, 0.2) is 12.1 Å². The number of pyridine rings is 1. The van der Waals surface area contributed by atoms with Gasteiger partial charge in [0.2, 0.25) is 11.7 Å². The van der Waals surface area contributed by atoms with Gasteiger partial charge in [-0.05, 0) is 12.5 Å².